The first-order valence-corrected chi connectivity index (χ1v) is 4.91. The summed E-state index contributed by atoms with van der Waals surface area (Å²) in [5, 5.41) is 22.3. The van der Waals surface area contributed by atoms with Gasteiger partial charge in [0.25, 0.3) is 0 Å². The zero-order valence-electron chi connectivity index (χ0n) is 9.65. The summed E-state index contributed by atoms with van der Waals surface area (Å²) in [7, 11) is 4.66. The second kappa shape index (κ2) is 5.58. The van der Waals surface area contributed by atoms with E-state index in [9.17, 15) is 10.2 Å². The third-order valence-electron chi connectivity index (χ3n) is 2.26. The summed E-state index contributed by atoms with van der Waals surface area (Å²) in [6, 6.07) is 3.10. The maximum Gasteiger partial charge on any atom is 0.203 e. The van der Waals surface area contributed by atoms with Crippen molar-refractivity contribution in [3.63, 3.8) is 0 Å². The summed E-state index contributed by atoms with van der Waals surface area (Å²) in [6.07, 6.45) is -0.698. The van der Waals surface area contributed by atoms with E-state index in [1.165, 1.54) is 20.3 Å². The maximum absolute atomic E-state index is 9.76. The number of methoxy groups -OCH3 is 2. The Morgan fingerprint density at radius 1 is 1.31 bits per heavy atom. The molecular weight excluding hydrogens is 210 g/mol. The molecule has 5 nitrogen and oxygen atoms in total. The third-order valence-corrected chi connectivity index (χ3v) is 2.26. The standard InChI is InChI=1S/C11H17NO4/c1-12-6-9(14)7-4-8(13)11(16-3)10(5-7)15-2/h4-5,9,12-14H,6H2,1-3H3. The number of aromatic hydroxyl groups is 1. The number of likely N-dealkylation sites (N-methyl/N-ethyl adjacent to an activating group) is 1. The van der Waals surface area contributed by atoms with E-state index in [0.717, 1.165) is 0 Å². The van der Waals surface area contributed by atoms with Gasteiger partial charge in [0.2, 0.25) is 5.75 Å². The van der Waals surface area contributed by atoms with Crippen molar-refractivity contribution in [3.8, 4) is 17.2 Å². The smallest absolute Gasteiger partial charge is 0.203 e. The van der Waals surface area contributed by atoms with E-state index in [1.807, 2.05) is 0 Å². The second-order valence-corrected chi connectivity index (χ2v) is 3.35. The Bertz CT molecular complexity index is 354. The van der Waals surface area contributed by atoms with E-state index in [1.54, 1.807) is 13.1 Å². The summed E-state index contributed by atoms with van der Waals surface area (Å²) in [6.45, 7) is 0.398. The number of nitrogens with one attached hydrogen (secondary N) is 1. The minimum atomic E-state index is -0.698. The highest BCUT2D eigenvalue weighted by molar-refractivity contribution is 5.53. The summed E-state index contributed by atoms with van der Waals surface area (Å²) in [4.78, 5) is 0. The van der Waals surface area contributed by atoms with Crippen LogP contribution in [0.1, 0.15) is 11.7 Å². The molecule has 16 heavy (non-hydrogen) atoms. The number of benzene rings is 1. The summed E-state index contributed by atoms with van der Waals surface area (Å²) < 4.78 is 10.1. The third kappa shape index (κ3) is 2.56. The van der Waals surface area contributed by atoms with E-state index in [-0.39, 0.29) is 11.5 Å². The minimum Gasteiger partial charge on any atom is -0.504 e. The van der Waals surface area contributed by atoms with Crippen LogP contribution in [0.3, 0.4) is 0 Å². The lowest BCUT2D eigenvalue weighted by atomic mass is 10.1. The maximum atomic E-state index is 9.76. The molecule has 0 saturated carbocycles. The fourth-order valence-corrected chi connectivity index (χ4v) is 1.47. The largest absolute Gasteiger partial charge is 0.504 e. The van der Waals surface area contributed by atoms with E-state index >= 15 is 0 Å². The number of phenols is 1. The number of hydrogen-bond acceptors (Lipinski definition) is 5. The molecule has 0 amide bonds. The molecule has 0 radical (unpaired) electrons. The van der Waals surface area contributed by atoms with Crippen LogP contribution in [-0.4, -0.2) is 38.0 Å². The van der Waals surface area contributed by atoms with Crippen molar-refractivity contribution < 1.29 is 19.7 Å². The van der Waals surface area contributed by atoms with Crippen LogP contribution in [0, 0.1) is 0 Å². The number of phenolic OH excluding ortho intramolecular Hbond substituents is 1. The molecule has 0 aromatic heterocycles. The highest BCUT2D eigenvalue weighted by Crippen LogP contribution is 2.38. The van der Waals surface area contributed by atoms with E-state index < -0.39 is 6.10 Å². The SMILES string of the molecule is CNCC(O)c1cc(O)c(OC)c(OC)c1. The van der Waals surface area contributed by atoms with E-state index in [2.05, 4.69) is 5.32 Å². The van der Waals surface area contributed by atoms with Gasteiger partial charge in [-0.3, -0.25) is 0 Å². The molecule has 3 N–H and O–H groups in total. The fraction of sp³-hybridized carbons (Fsp3) is 0.455. The van der Waals surface area contributed by atoms with Gasteiger partial charge >= 0.3 is 0 Å². The zero-order valence-corrected chi connectivity index (χ0v) is 9.65. The molecule has 90 valence electrons. The first kappa shape index (κ1) is 12.6. The fourth-order valence-electron chi connectivity index (χ4n) is 1.47. The van der Waals surface area contributed by atoms with Crippen LogP contribution in [0.4, 0.5) is 0 Å². The molecular formula is C11H17NO4. The Hall–Kier alpha value is -1.46. The molecule has 0 aliphatic carbocycles. The Morgan fingerprint density at radius 2 is 2.00 bits per heavy atom. The van der Waals surface area contributed by atoms with Gasteiger partial charge < -0.3 is 25.0 Å². The monoisotopic (exact) mass is 227 g/mol. The molecule has 1 rings (SSSR count). The molecule has 5 heteroatoms. The summed E-state index contributed by atoms with van der Waals surface area (Å²) in [5.74, 6) is 0.613. The average molecular weight is 227 g/mol. The van der Waals surface area contributed by atoms with E-state index in [0.29, 0.717) is 17.9 Å². The van der Waals surface area contributed by atoms with Crippen LogP contribution in [0.25, 0.3) is 0 Å². The van der Waals surface area contributed by atoms with Gasteiger partial charge in [-0.25, -0.2) is 0 Å². The summed E-state index contributed by atoms with van der Waals surface area (Å²) in [5.41, 5.74) is 0.574. The predicted molar refractivity (Wildman–Crippen MR) is 60.1 cm³/mol. The lowest BCUT2D eigenvalue weighted by Crippen LogP contribution is -2.16. The van der Waals surface area contributed by atoms with Crippen molar-refractivity contribution in [2.45, 2.75) is 6.10 Å². The van der Waals surface area contributed by atoms with Crippen molar-refractivity contribution in [1.29, 1.82) is 0 Å². The number of aliphatic hydroxyl groups excluding tert-OH is 1. The Balaban J connectivity index is 3.09. The lowest BCUT2D eigenvalue weighted by molar-refractivity contribution is 0.176. The molecule has 0 saturated heterocycles. The quantitative estimate of drug-likeness (QED) is 0.689. The van der Waals surface area contributed by atoms with Gasteiger partial charge in [0.05, 0.1) is 20.3 Å². The lowest BCUT2D eigenvalue weighted by Gasteiger charge is -2.15. The van der Waals surface area contributed by atoms with Crippen molar-refractivity contribution in [3.05, 3.63) is 17.7 Å². The van der Waals surface area contributed by atoms with Crippen LogP contribution in [0.15, 0.2) is 12.1 Å². The second-order valence-electron chi connectivity index (χ2n) is 3.35. The van der Waals surface area contributed by atoms with Crippen LogP contribution in [-0.2, 0) is 0 Å². The molecule has 0 fully saturated rings. The van der Waals surface area contributed by atoms with Gasteiger partial charge in [0.15, 0.2) is 11.5 Å². The minimum absolute atomic E-state index is 0.0491. The van der Waals surface area contributed by atoms with Crippen LogP contribution < -0.4 is 14.8 Å². The van der Waals surface area contributed by atoms with E-state index in [4.69, 9.17) is 9.47 Å². The van der Waals surface area contributed by atoms with Gasteiger partial charge in [0, 0.05) is 6.54 Å². The number of ether oxygens (including phenoxy) is 2. The van der Waals surface area contributed by atoms with Crippen molar-refractivity contribution in [1.82, 2.24) is 5.32 Å². The van der Waals surface area contributed by atoms with Gasteiger partial charge in [-0.15, -0.1) is 0 Å². The molecule has 1 unspecified atom stereocenters. The van der Waals surface area contributed by atoms with Crippen molar-refractivity contribution in [2.24, 2.45) is 0 Å². The molecule has 0 bridgehead atoms. The first-order chi connectivity index (χ1) is 7.63. The van der Waals surface area contributed by atoms with Crippen molar-refractivity contribution in [2.75, 3.05) is 27.8 Å². The molecule has 1 aromatic carbocycles. The molecule has 0 aliphatic rings. The van der Waals surface area contributed by atoms with Gasteiger partial charge in [-0.1, -0.05) is 0 Å². The number of rotatable bonds is 5. The molecule has 1 aromatic rings. The van der Waals surface area contributed by atoms with Crippen LogP contribution >= 0.6 is 0 Å². The number of hydrogen-bond donors (Lipinski definition) is 3. The highest BCUT2D eigenvalue weighted by atomic mass is 16.5. The molecule has 0 heterocycles. The van der Waals surface area contributed by atoms with Crippen molar-refractivity contribution >= 4 is 0 Å². The highest BCUT2D eigenvalue weighted by Gasteiger charge is 2.15. The molecule has 0 aliphatic heterocycles. The topological polar surface area (TPSA) is 71.0 Å². The normalized spacial score (nSPS) is 12.2. The van der Waals surface area contributed by atoms with Gasteiger partial charge in [-0.2, -0.15) is 0 Å². The molecule has 1 atom stereocenters. The van der Waals surface area contributed by atoms with Crippen LogP contribution in [0.5, 0.6) is 17.2 Å². The van der Waals surface area contributed by atoms with Gasteiger partial charge in [0.1, 0.15) is 0 Å². The predicted octanol–water partition coefficient (Wildman–Crippen LogP) is 0.662. The average Bonchev–Trinajstić information content (AvgIpc) is 2.28. The zero-order chi connectivity index (χ0) is 12.1. The Kier molecular flexibility index (Phi) is 4.39. The number of aliphatic hydroxyl groups is 1. The Labute approximate surface area is 94.6 Å². The first-order valence-electron chi connectivity index (χ1n) is 4.91. The Morgan fingerprint density at radius 3 is 2.50 bits per heavy atom. The van der Waals surface area contributed by atoms with Gasteiger partial charge in [-0.05, 0) is 24.7 Å². The summed E-state index contributed by atoms with van der Waals surface area (Å²) >= 11 is 0. The van der Waals surface area contributed by atoms with Crippen LogP contribution in [0.2, 0.25) is 0 Å². The molecule has 0 spiro atoms.